The number of hydrogen-bond donors (Lipinski definition) is 1. The van der Waals surface area contributed by atoms with Crippen LogP contribution in [0.4, 0.5) is 5.82 Å². The van der Waals surface area contributed by atoms with E-state index >= 15 is 0 Å². The van der Waals surface area contributed by atoms with Gasteiger partial charge in [-0.05, 0) is 45.4 Å². The van der Waals surface area contributed by atoms with Gasteiger partial charge in [-0.25, -0.2) is 13.4 Å². The van der Waals surface area contributed by atoms with Crippen LogP contribution < -0.4 is 29.4 Å². The van der Waals surface area contributed by atoms with Crippen molar-refractivity contribution in [3.05, 3.63) is 42.1 Å². The first-order valence-electron chi connectivity index (χ1n) is 12.4. The zero-order valence-electron chi connectivity index (χ0n) is 21.3. The molecular formula is C25H37N4O6S+. The summed E-state index contributed by atoms with van der Waals surface area (Å²) >= 11 is 0. The average Bonchev–Trinajstić information content (AvgIpc) is 2.89. The maximum atomic E-state index is 12.8. The summed E-state index contributed by atoms with van der Waals surface area (Å²) in [7, 11) is -3.40. The van der Waals surface area contributed by atoms with Crippen molar-refractivity contribution in [1.29, 1.82) is 0 Å². The molecule has 36 heavy (non-hydrogen) atoms. The highest BCUT2D eigenvalue weighted by Gasteiger charge is 2.30. The number of ether oxygens (including phenoxy) is 3. The molecule has 1 aliphatic heterocycles. The lowest BCUT2D eigenvalue weighted by Crippen LogP contribution is -2.50. The number of hydrogen-bond acceptors (Lipinski definition) is 7. The topological polar surface area (TPSA) is 112 Å². The molecule has 0 bridgehead atoms. The van der Waals surface area contributed by atoms with Gasteiger partial charge in [-0.1, -0.05) is 6.07 Å². The lowest BCUT2D eigenvalue weighted by atomic mass is 10.1. The third kappa shape index (κ3) is 7.23. The van der Waals surface area contributed by atoms with Gasteiger partial charge in [0.05, 0.1) is 57.9 Å². The summed E-state index contributed by atoms with van der Waals surface area (Å²) in [5, 5.41) is 2.81. The van der Waals surface area contributed by atoms with E-state index in [0.717, 1.165) is 5.82 Å². The first-order valence-corrected chi connectivity index (χ1v) is 14.0. The van der Waals surface area contributed by atoms with Gasteiger partial charge in [-0.2, -0.15) is 4.31 Å². The summed E-state index contributed by atoms with van der Waals surface area (Å²) in [6.07, 6.45) is 2.17. The van der Waals surface area contributed by atoms with Crippen molar-refractivity contribution in [3.8, 4) is 17.2 Å². The summed E-state index contributed by atoms with van der Waals surface area (Å²) < 4.78 is 44.2. The van der Waals surface area contributed by atoms with Gasteiger partial charge in [0.25, 0.3) is 11.7 Å². The van der Waals surface area contributed by atoms with Crippen molar-refractivity contribution in [2.75, 3.05) is 63.2 Å². The van der Waals surface area contributed by atoms with E-state index in [2.05, 4.69) is 15.2 Å². The van der Waals surface area contributed by atoms with E-state index in [1.165, 1.54) is 4.31 Å². The monoisotopic (exact) mass is 521 g/mol. The van der Waals surface area contributed by atoms with Crippen LogP contribution in [0.3, 0.4) is 0 Å². The lowest BCUT2D eigenvalue weighted by molar-refractivity contribution is -0.364. The molecular weight excluding hydrogens is 484 g/mol. The van der Waals surface area contributed by atoms with Crippen LogP contribution >= 0.6 is 0 Å². The van der Waals surface area contributed by atoms with Crippen LogP contribution in [-0.4, -0.2) is 76.9 Å². The highest BCUT2D eigenvalue weighted by atomic mass is 32.2. The smallest absolute Gasteiger partial charge is 0.274 e. The van der Waals surface area contributed by atoms with Crippen LogP contribution in [0.2, 0.25) is 0 Å². The Balaban J connectivity index is 1.53. The Bertz CT molecular complexity index is 1060. The fraction of sp³-hybridized carbons (Fsp3) is 0.520. The predicted octanol–water partition coefficient (Wildman–Crippen LogP) is 1.97. The summed E-state index contributed by atoms with van der Waals surface area (Å²) in [5.41, 5.74) is 0.363. The first-order chi connectivity index (χ1) is 17.4. The maximum Gasteiger partial charge on any atom is 0.274 e. The fourth-order valence-corrected chi connectivity index (χ4v) is 5.48. The van der Waals surface area contributed by atoms with Gasteiger partial charge in [-0.15, -0.1) is 0 Å². The maximum absolute atomic E-state index is 12.8. The van der Waals surface area contributed by atoms with Gasteiger partial charge in [0, 0.05) is 18.2 Å². The summed E-state index contributed by atoms with van der Waals surface area (Å²) in [4.78, 5) is 18.1. The molecule has 2 heterocycles. The molecule has 1 aliphatic rings. The number of rotatable bonds is 13. The number of anilines is 1. The number of amides is 1. The van der Waals surface area contributed by atoms with Crippen LogP contribution in [-0.2, 0) is 10.0 Å². The van der Waals surface area contributed by atoms with E-state index in [1.54, 1.807) is 12.1 Å². The predicted molar refractivity (Wildman–Crippen MR) is 137 cm³/mol. The number of H-pyrrole nitrogens is 1. The molecule has 198 valence electrons. The van der Waals surface area contributed by atoms with E-state index in [1.807, 2.05) is 45.2 Å². The van der Waals surface area contributed by atoms with Crippen molar-refractivity contribution in [2.24, 2.45) is 0 Å². The molecule has 0 saturated carbocycles. The molecule has 11 heteroatoms. The second kappa shape index (κ2) is 13.3. The molecule has 0 aliphatic carbocycles. The van der Waals surface area contributed by atoms with Crippen molar-refractivity contribution in [3.63, 3.8) is 0 Å². The summed E-state index contributed by atoms with van der Waals surface area (Å²) in [5.74, 6) is 1.96. The molecule has 1 fully saturated rings. The van der Waals surface area contributed by atoms with Gasteiger partial charge in [-0.3, -0.25) is 9.69 Å². The summed E-state index contributed by atoms with van der Waals surface area (Å²) in [6.45, 7) is 9.16. The molecule has 1 aromatic heterocycles. The molecule has 1 aromatic carbocycles. The minimum atomic E-state index is -3.40. The van der Waals surface area contributed by atoms with Gasteiger partial charge in [0.15, 0.2) is 11.5 Å². The van der Waals surface area contributed by atoms with E-state index in [4.69, 9.17) is 14.2 Å². The highest BCUT2D eigenvalue weighted by molar-refractivity contribution is 7.89. The van der Waals surface area contributed by atoms with Crippen molar-refractivity contribution in [2.45, 2.75) is 27.2 Å². The largest absolute Gasteiger partial charge is 0.490 e. The third-order valence-electron chi connectivity index (χ3n) is 5.70. The Kier molecular flexibility index (Phi) is 10.2. The number of aromatic amines is 1. The van der Waals surface area contributed by atoms with Crippen LogP contribution in [0.1, 0.15) is 37.6 Å². The Morgan fingerprint density at radius 2 is 1.61 bits per heavy atom. The Morgan fingerprint density at radius 1 is 0.972 bits per heavy atom. The SMILES string of the molecule is CCOc1cc(C(=O)NCCCS(=O)(=O)N2CCN(c3cccc[nH+]3)CC2)cc(OCC)c1OCC. The number of aromatic nitrogens is 1. The van der Waals surface area contributed by atoms with Crippen molar-refractivity contribution >= 4 is 21.7 Å². The standard InChI is InChI=1S/C25H36N4O6S/c1-4-33-21-18-20(19-22(34-5-2)24(21)35-6-3)25(30)27-12-9-17-36(31,32)29-15-13-28(14-16-29)23-10-7-8-11-26-23/h7-8,10-11,18-19H,4-6,9,12-17H2,1-3H3,(H,27,30)/p+1. The second-order valence-corrected chi connectivity index (χ2v) is 10.2. The van der Waals surface area contributed by atoms with E-state index in [0.29, 0.717) is 75.2 Å². The van der Waals surface area contributed by atoms with Crippen molar-refractivity contribution < 1.29 is 32.4 Å². The first kappa shape index (κ1) is 27.5. The minimum Gasteiger partial charge on any atom is -0.490 e. The van der Waals surface area contributed by atoms with Crippen molar-refractivity contribution in [1.82, 2.24) is 9.62 Å². The molecule has 2 aromatic rings. The van der Waals surface area contributed by atoms with Crippen LogP contribution in [0.25, 0.3) is 0 Å². The van der Waals surface area contributed by atoms with E-state index in [-0.39, 0.29) is 18.2 Å². The molecule has 0 atom stereocenters. The number of piperazine rings is 1. The van der Waals surface area contributed by atoms with E-state index in [9.17, 15) is 13.2 Å². The second-order valence-electron chi connectivity index (χ2n) is 8.16. The average molecular weight is 522 g/mol. The quantitative estimate of drug-likeness (QED) is 0.401. The lowest BCUT2D eigenvalue weighted by Gasteiger charge is -2.30. The molecule has 1 saturated heterocycles. The molecule has 0 unspecified atom stereocenters. The fourth-order valence-electron chi connectivity index (χ4n) is 4.00. The molecule has 0 radical (unpaired) electrons. The van der Waals surface area contributed by atoms with Gasteiger partial charge in [0.2, 0.25) is 15.8 Å². The zero-order valence-corrected chi connectivity index (χ0v) is 22.1. The molecule has 10 nitrogen and oxygen atoms in total. The Morgan fingerprint density at radius 3 is 2.17 bits per heavy atom. The molecule has 3 rings (SSSR count). The van der Waals surface area contributed by atoms with Crippen LogP contribution in [0.5, 0.6) is 17.2 Å². The normalized spacial score (nSPS) is 14.4. The minimum absolute atomic E-state index is 0.0254. The van der Waals surface area contributed by atoms with Crippen LogP contribution in [0.15, 0.2) is 36.5 Å². The van der Waals surface area contributed by atoms with E-state index < -0.39 is 10.0 Å². The van der Waals surface area contributed by atoms with Gasteiger partial charge >= 0.3 is 0 Å². The van der Waals surface area contributed by atoms with Gasteiger partial charge < -0.3 is 19.5 Å². The number of nitrogens with one attached hydrogen (secondary N) is 2. The summed E-state index contributed by atoms with van der Waals surface area (Å²) in [6, 6.07) is 9.08. The Hall–Kier alpha value is -3.05. The number of pyridine rings is 1. The number of nitrogens with zero attached hydrogens (tertiary/aromatic N) is 2. The Labute approximate surface area is 213 Å². The van der Waals surface area contributed by atoms with Gasteiger partial charge in [0.1, 0.15) is 0 Å². The number of sulfonamides is 1. The highest BCUT2D eigenvalue weighted by Crippen LogP contribution is 2.39. The molecule has 2 N–H and O–H groups in total. The number of benzene rings is 1. The zero-order chi connectivity index (χ0) is 26.0. The number of carbonyl (C=O) groups excluding carboxylic acids is 1. The molecule has 0 spiro atoms. The van der Waals surface area contributed by atoms with Crippen LogP contribution in [0, 0.1) is 0 Å². The number of carbonyl (C=O) groups is 1. The third-order valence-corrected chi connectivity index (χ3v) is 7.66. The molecule has 1 amide bonds.